The van der Waals surface area contributed by atoms with Crippen LogP contribution in [0.2, 0.25) is 0 Å². The normalized spacial score (nSPS) is 28.4. The highest BCUT2D eigenvalue weighted by molar-refractivity contribution is 7.89. The fourth-order valence-electron chi connectivity index (χ4n) is 4.02. The lowest BCUT2D eigenvalue weighted by Gasteiger charge is -2.36. The van der Waals surface area contributed by atoms with Gasteiger partial charge in [0.25, 0.3) is 0 Å². The van der Waals surface area contributed by atoms with Gasteiger partial charge in [0, 0.05) is 35.4 Å². The Labute approximate surface area is 147 Å². The van der Waals surface area contributed by atoms with Gasteiger partial charge < -0.3 is 4.90 Å². The molecule has 1 aromatic rings. The highest BCUT2D eigenvalue weighted by Crippen LogP contribution is 2.37. The Morgan fingerprint density at radius 2 is 1.92 bits per heavy atom. The molecule has 0 N–H and O–H groups in total. The molecule has 0 spiro atoms. The maximum atomic E-state index is 13.1. The minimum absolute atomic E-state index is 0.0478. The number of fused-ring (bicyclic) bond motifs is 4. The Bertz CT molecular complexity index is 767. The predicted octanol–water partition coefficient (Wildman–Crippen LogP) is 2.39. The first-order valence-corrected chi connectivity index (χ1v) is 11.0. The number of carbonyl (C=O) groups is 1. The van der Waals surface area contributed by atoms with E-state index in [1.807, 2.05) is 18.7 Å². The molecule has 1 amide bonds. The van der Waals surface area contributed by atoms with E-state index in [-0.39, 0.29) is 17.9 Å². The second kappa shape index (κ2) is 5.81. The van der Waals surface area contributed by atoms with E-state index in [4.69, 9.17) is 0 Å². The lowest BCUT2D eigenvalue weighted by Crippen LogP contribution is -2.48. The van der Waals surface area contributed by atoms with Crippen molar-refractivity contribution >= 4 is 27.3 Å². The molecule has 3 aliphatic heterocycles. The molecule has 0 unspecified atom stereocenters. The number of hydrogen-bond acceptors (Lipinski definition) is 4. The standard InChI is InChI=1S/C17H24N2O3S2/c1-11-7-16(12(2)23-11)24(21,22)18-9-14-5-6-15(10-18)19(17(14)20)8-13-3-4-13/h7,13-15H,3-6,8-10H2,1-2H3/t14-,15+/m0/s1. The van der Waals surface area contributed by atoms with Crippen molar-refractivity contribution in [3.05, 3.63) is 15.8 Å². The molecule has 4 heterocycles. The highest BCUT2D eigenvalue weighted by Gasteiger charge is 2.45. The molecule has 7 heteroatoms. The van der Waals surface area contributed by atoms with Gasteiger partial charge in [0.1, 0.15) is 0 Å². The van der Waals surface area contributed by atoms with Crippen LogP contribution < -0.4 is 0 Å². The molecule has 5 rings (SSSR count). The number of thiophene rings is 1. The molecule has 4 aliphatic rings. The molecule has 0 radical (unpaired) electrons. The van der Waals surface area contributed by atoms with Crippen molar-refractivity contribution in [1.82, 2.24) is 9.21 Å². The predicted molar refractivity (Wildman–Crippen MR) is 93.5 cm³/mol. The van der Waals surface area contributed by atoms with Crippen LogP contribution in [0.3, 0.4) is 0 Å². The van der Waals surface area contributed by atoms with Crippen molar-refractivity contribution < 1.29 is 13.2 Å². The molecule has 132 valence electrons. The quantitative estimate of drug-likeness (QED) is 0.820. The molecule has 1 saturated carbocycles. The third-order valence-corrected chi connectivity index (χ3v) is 8.58. The van der Waals surface area contributed by atoms with Gasteiger partial charge in [-0.15, -0.1) is 11.3 Å². The maximum absolute atomic E-state index is 13.1. The van der Waals surface area contributed by atoms with Gasteiger partial charge in [-0.2, -0.15) is 4.31 Å². The third kappa shape index (κ3) is 2.80. The van der Waals surface area contributed by atoms with E-state index >= 15 is 0 Å². The molecule has 24 heavy (non-hydrogen) atoms. The average molecular weight is 369 g/mol. The number of sulfonamides is 1. The van der Waals surface area contributed by atoms with Gasteiger partial charge in [-0.1, -0.05) is 0 Å². The van der Waals surface area contributed by atoms with E-state index in [2.05, 4.69) is 0 Å². The van der Waals surface area contributed by atoms with Crippen LogP contribution >= 0.6 is 11.3 Å². The molecule has 3 saturated heterocycles. The Kier molecular flexibility index (Phi) is 4.01. The second-order valence-corrected chi connectivity index (χ2v) is 10.8. The number of piperidine rings is 1. The van der Waals surface area contributed by atoms with Gasteiger partial charge in [0.05, 0.1) is 10.8 Å². The van der Waals surface area contributed by atoms with Crippen LogP contribution in [0.4, 0.5) is 0 Å². The molecule has 4 fully saturated rings. The van der Waals surface area contributed by atoms with E-state index in [0.717, 1.165) is 29.1 Å². The molecule has 1 aliphatic carbocycles. The molecule has 2 atom stereocenters. The summed E-state index contributed by atoms with van der Waals surface area (Å²) in [6.07, 6.45) is 4.15. The monoisotopic (exact) mass is 368 g/mol. The molecular weight excluding hydrogens is 344 g/mol. The minimum atomic E-state index is -3.52. The zero-order valence-electron chi connectivity index (χ0n) is 14.2. The van der Waals surface area contributed by atoms with Gasteiger partial charge >= 0.3 is 0 Å². The van der Waals surface area contributed by atoms with Crippen LogP contribution in [-0.4, -0.2) is 49.2 Å². The van der Waals surface area contributed by atoms with Crippen molar-refractivity contribution in [2.45, 2.75) is 50.5 Å². The van der Waals surface area contributed by atoms with Crippen molar-refractivity contribution in [3.63, 3.8) is 0 Å². The van der Waals surface area contributed by atoms with E-state index in [1.165, 1.54) is 24.2 Å². The van der Waals surface area contributed by atoms with Crippen LogP contribution in [0.1, 0.15) is 35.4 Å². The smallest absolute Gasteiger partial charge is 0.244 e. The molecule has 0 aromatic carbocycles. The van der Waals surface area contributed by atoms with Crippen molar-refractivity contribution in [2.75, 3.05) is 19.6 Å². The Balaban J connectivity index is 1.63. The van der Waals surface area contributed by atoms with Crippen LogP contribution in [0.15, 0.2) is 11.0 Å². The van der Waals surface area contributed by atoms with Gasteiger partial charge in [-0.05, 0) is 51.5 Å². The summed E-state index contributed by atoms with van der Waals surface area (Å²) >= 11 is 1.52. The van der Waals surface area contributed by atoms with Crippen molar-refractivity contribution in [1.29, 1.82) is 0 Å². The van der Waals surface area contributed by atoms with E-state index in [0.29, 0.717) is 23.9 Å². The van der Waals surface area contributed by atoms with Crippen LogP contribution in [0, 0.1) is 25.7 Å². The highest BCUT2D eigenvalue weighted by atomic mass is 32.2. The summed E-state index contributed by atoms with van der Waals surface area (Å²) in [6.45, 7) is 5.41. The van der Waals surface area contributed by atoms with Crippen molar-refractivity contribution in [2.24, 2.45) is 11.8 Å². The molecule has 1 aromatic heterocycles. The summed E-state index contributed by atoms with van der Waals surface area (Å²) in [4.78, 5) is 17.0. The lowest BCUT2D eigenvalue weighted by atomic mass is 9.94. The largest absolute Gasteiger partial charge is 0.338 e. The van der Waals surface area contributed by atoms with Gasteiger partial charge in [0.2, 0.25) is 15.9 Å². The number of rotatable bonds is 4. The Morgan fingerprint density at radius 3 is 2.54 bits per heavy atom. The number of carbonyl (C=O) groups excluding carboxylic acids is 1. The number of aryl methyl sites for hydroxylation is 2. The first kappa shape index (κ1) is 16.5. The second-order valence-electron chi connectivity index (χ2n) is 7.46. The average Bonchev–Trinajstić information content (AvgIpc) is 3.30. The summed E-state index contributed by atoms with van der Waals surface area (Å²) in [5.74, 6) is 0.645. The number of hydrogen-bond donors (Lipinski definition) is 0. The van der Waals surface area contributed by atoms with Gasteiger partial charge in [0.15, 0.2) is 0 Å². The van der Waals surface area contributed by atoms with E-state index in [9.17, 15) is 13.2 Å². The molecule has 2 bridgehead atoms. The fraction of sp³-hybridized carbons (Fsp3) is 0.706. The SMILES string of the molecule is Cc1cc(S(=O)(=O)N2C[C@@H]3CC[C@H](C2)N(CC2CC2)C3=O)c(C)s1. The van der Waals surface area contributed by atoms with Crippen molar-refractivity contribution in [3.8, 4) is 0 Å². The fourth-order valence-corrected chi connectivity index (χ4v) is 7.06. The lowest BCUT2D eigenvalue weighted by molar-refractivity contribution is -0.140. The van der Waals surface area contributed by atoms with Gasteiger partial charge in [-0.3, -0.25) is 4.79 Å². The number of amides is 1. The van der Waals surface area contributed by atoms with Crippen LogP contribution in [0.25, 0.3) is 0 Å². The first-order chi connectivity index (χ1) is 11.4. The van der Waals surface area contributed by atoms with E-state index in [1.54, 1.807) is 10.4 Å². The zero-order chi connectivity index (χ0) is 17.1. The summed E-state index contributed by atoms with van der Waals surface area (Å²) in [5.41, 5.74) is 0. The molecule has 5 nitrogen and oxygen atoms in total. The molecular formula is C17H24N2O3S2. The summed E-state index contributed by atoms with van der Waals surface area (Å²) in [5, 5.41) is 0. The summed E-state index contributed by atoms with van der Waals surface area (Å²) < 4.78 is 27.9. The number of nitrogens with zero attached hydrogens (tertiary/aromatic N) is 2. The van der Waals surface area contributed by atoms with Gasteiger partial charge in [-0.25, -0.2) is 8.42 Å². The van der Waals surface area contributed by atoms with E-state index < -0.39 is 10.0 Å². The topological polar surface area (TPSA) is 57.7 Å². The first-order valence-electron chi connectivity index (χ1n) is 8.74. The van der Waals surface area contributed by atoms with Crippen LogP contribution in [0.5, 0.6) is 0 Å². The maximum Gasteiger partial charge on any atom is 0.244 e. The zero-order valence-corrected chi connectivity index (χ0v) is 15.8. The Hall–Kier alpha value is -0.920. The summed E-state index contributed by atoms with van der Waals surface area (Å²) in [6, 6.07) is 1.82. The van der Waals surface area contributed by atoms with Crippen LogP contribution in [-0.2, 0) is 14.8 Å². The Morgan fingerprint density at radius 1 is 1.17 bits per heavy atom. The third-order valence-electron chi connectivity index (χ3n) is 5.52. The minimum Gasteiger partial charge on any atom is -0.338 e. The summed E-state index contributed by atoms with van der Waals surface area (Å²) in [7, 11) is -3.52.